The topological polar surface area (TPSA) is 310 Å². The van der Waals surface area contributed by atoms with Gasteiger partial charge >= 0.3 is 92.3 Å². The second kappa shape index (κ2) is 21.8. The van der Waals surface area contributed by atoms with Crippen molar-refractivity contribution >= 4 is 58.9 Å². The number of hydrogen-bond donors (Lipinski definition) is 6. The molecule has 0 heterocycles. The molecule has 9 N–H and O–H groups in total. The summed E-state index contributed by atoms with van der Waals surface area (Å²) in [7, 11) is 0. The third kappa shape index (κ3) is 32.0. The van der Waals surface area contributed by atoms with Crippen LogP contribution in [0.15, 0.2) is 0 Å². The van der Waals surface area contributed by atoms with Gasteiger partial charge in [0.2, 0.25) is 0 Å². The molecule has 0 radical (unpaired) electrons. The Labute approximate surface area is 222 Å². The van der Waals surface area contributed by atoms with Gasteiger partial charge in [0.15, 0.2) is 0 Å². The maximum absolute atomic E-state index is 9.74. The van der Waals surface area contributed by atoms with E-state index < -0.39 is 73.2 Å². The molecule has 0 bridgehead atoms. The first-order valence-electron chi connectivity index (χ1n) is 6.66. The van der Waals surface area contributed by atoms with Crippen LogP contribution < -0.4 is 83.9 Å². The van der Waals surface area contributed by atoms with Crippen LogP contribution >= 0.6 is 0 Å². The first-order valence-corrected chi connectivity index (χ1v) is 6.66. The van der Waals surface area contributed by atoms with Gasteiger partial charge in [0, 0.05) is 0 Å². The second-order valence-corrected chi connectivity index (χ2v) is 4.57. The number of carbonyl (C=O) groups is 6. The van der Waals surface area contributed by atoms with Crippen molar-refractivity contribution in [1.82, 2.24) is 0 Å². The molecule has 0 rings (SSSR count). The van der Waals surface area contributed by atoms with E-state index in [0.717, 1.165) is 0 Å². The zero-order valence-electron chi connectivity index (χ0n) is 15.3. The van der Waals surface area contributed by atoms with Gasteiger partial charge in [-0.1, -0.05) is 0 Å². The Morgan fingerprint density at radius 2 is 0.724 bits per heavy atom. The Kier molecular flexibility index (Phi) is 29.1. The predicted octanol–water partition coefficient (Wildman–Crippen LogP) is -10.8. The second-order valence-electron chi connectivity index (χ2n) is 4.57. The van der Waals surface area contributed by atoms with Crippen molar-refractivity contribution in [3.8, 4) is 0 Å². The van der Waals surface area contributed by atoms with Crippen molar-refractivity contribution in [3.05, 3.63) is 0 Å². The van der Waals surface area contributed by atoms with Crippen molar-refractivity contribution in [2.24, 2.45) is 17.2 Å². The van der Waals surface area contributed by atoms with E-state index in [1.807, 2.05) is 0 Å². The molecule has 0 amide bonds. The van der Waals surface area contributed by atoms with Gasteiger partial charge < -0.3 is 62.2 Å². The fourth-order valence-electron chi connectivity index (χ4n) is 0.814. The summed E-state index contributed by atoms with van der Waals surface area (Å²) in [4.78, 5) is 58.4. The van der Waals surface area contributed by atoms with Gasteiger partial charge in [-0.15, -0.1) is 0 Å². The van der Waals surface area contributed by atoms with Gasteiger partial charge in [-0.3, -0.25) is 14.4 Å². The number of aliphatic carboxylic acids is 6. The molecule has 0 aromatic heterocycles. The summed E-state index contributed by atoms with van der Waals surface area (Å²) in [5.74, 6) is -8.36. The molecule has 0 aliphatic carbocycles. The van der Waals surface area contributed by atoms with Gasteiger partial charge in [0.25, 0.3) is 0 Å². The van der Waals surface area contributed by atoms with E-state index in [4.69, 9.17) is 32.5 Å². The van der Waals surface area contributed by atoms with E-state index in [-0.39, 0.29) is 74.4 Å². The van der Waals surface area contributed by atoms with Crippen molar-refractivity contribution in [3.63, 3.8) is 0 Å². The molecular formula is C12H18KMgN3O12. The Morgan fingerprint density at radius 3 is 0.759 bits per heavy atom. The number of carboxylic acid groups (broad SMARTS) is 6. The van der Waals surface area contributed by atoms with Crippen LogP contribution in [0.4, 0.5) is 0 Å². The Balaban J connectivity index is -0.0000000960. The molecule has 17 heteroatoms. The van der Waals surface area contributed by atoms with Crippen LogP contribution in [0.1, 0.15) is 19.3 Å². The average molecular weight is 460 g/mol. The molecule has 0 aromatic rings. The molecule has 0 unspecified atom stereocenters. The summed E-state index contributed by atoms with van der Waals surface area (Å²) < 4.78 is 0. The number of nitrogens with two attached hydrogens (primary N) is 3. The summed E-state index contributed by atoms with van der Waals surface area (Å²) in [5.41, 5.74) is 14.3. The largest absolute Gasteiger partial charge is 2.00 e. The first kappa shape index (κ1) is 38.7. The monoisotopic (exact) mass is 459 g/mol. The predicted molar refractivity (Wildman–Crippen MR) is 81.5 cm³/mol. The van der Waals surface area contributed by atoms with Gasteiger partial charge in [-0.25, -0.2) is 0 Å². The van der Waals surface area contributed by atoms with Crippen LogP contribution in [0.25, 0.3) is 0 Å². The molecule has 0 saturated heterocycles. The van der Waals surface area contributed by atoms with Crippen molar-refractivity contribution in [2.45, 2.75) is 37.4 Å². The number of carbonyl (C=O) groups excluding carboxylic acids is 3. The van der Waals surface area contributed by atoms with Crippen LogP contribution in [0.2, 0.25) is 0 Å². The van der Waals surface area contributed by atoms with Gasteiger partial charge in [0.05, 0.1) is 55.3 Å². The Hall–Kier alpha value is -0.897. The summed E-state index contributed by atoms with van der Waals surface area (Å²) in [6.07, 6.45) is -1.78. The number of rotatable bonds is 9. The van der Waals surface area contributed by atoms with Crippen LogP contribution in [-0.2, 0) is 28.8 Å². The Bertz CT molecular complexity index is 486. The summed E-state index contributed by atoms with van der Waals surface area (Å²) in [6.45, 7) is 0. The molecule has 0 aliphatic heterocycles. The average Bonchev–Trinajstić information content (AvgIpc) is 2.46. The molecule has 0 aliphatic rings. The third-order valence-corrected chi connectivity index (χ3v) is 2.09. The SMILES string of the molecule is N[C@@H](CC(=O)O)C(=O)[O-].N[C@@H](CC(=O)O)C(=O)[O-].N[C@@H](CC(=O)O)C(=O)[O-].[K+].[Mg+2]. The minimum absolute atomic E-state index is 0. The quantitative estimate of drug-likeness (QED) is 0.174. The van der Waals surface area contributed by atoms with Crippen LogP contribution in [-0.4, -0.2) is 92.3 Å². The van der Waals surface area contributed by atoms with Crippen molar-refractivity contribution < 1.29 is 111 Å². The fraction of sp³-hybridized carbons (Fsp3) is 0.500. The van der Waals surface area contributed by atoms with E-state index in [0.29, 0.717) is 0 Å². The summed E-state index contributed by atoms with van der Waals surface area (Å²) in [5, 5.41) is 53.1. The Morgan fingerprint density at radius 1 is 0.586 bits per heavy atom. The fourth-order valence-corrected chi connectivity index (χ4v) is 0.814. The molecule has 156 valence electrons. The van der Waals surface area contributed by atoms with E-state index in [9.17, 15) is 44.1 Å². The number of carboxylic acids is 6. The van der Waals surface area contributed by atoms with E-state index >= 15 is 0 Å². The van der Waals surface area contributed by atoms with Crippen molar-refractivity contribution in [1.29, 1.82) is 0 Å². The minimum atomic E-state index is -1.54. The smallest absolute Gasteiger partial charge is 0.548 e. The first-order chi connectivity index (χ1) is 12.1. The van der Waals surface area contributed by atoms with Crippen molar-refractivity contribution in [2.75, 3.05) is 0 Å². The molecule has 29 heavy (non-hydrogen) atoms. The molecule has 0 spiro atoms. The molecule has 15 nitrogen and oxygen atoms in total. The molecule has 3 atom stereocenters. The summed E-state index contributed by atoms with van der Waals surface area (Å²) in [6, 6.07) is -4.20. The zero-order chi connectivity index (χ0) is 22.3. The zero-order valence-corrected chi connectivity index (χ0v) is 19.8. The van der Waals surface area contributed by atoms with E-state index in [2.05, 4.69) is 0 Å². The van der Waals surface area contributed by atoms with Gasteiger partial charge in [-0.2, -0.15) is 0 Å². The molecule has 0 aromatic carbocycles. The van der Waals surface area contributed by atoms with Crippen LogP contribution in [0.5, 0.6) is 0 Å². The minimum Gasteiger partial charge on any atom is -0.548 e. The normalized spacial score (nSPS) is 11.7. The van der Waals surface area contributed by atoms with E-state index in [1.165, 1.54) is 0 Å². The van der Waals surface area contributed by atoms with E-state index in [1.54, 1.807) is 0 Å². The number of hydrogen-bond acceptors (Lipinski definition) is 12. The third-order valence-electron chi connectivity index (χ3n) is 2.09. The van der Waals surface area contributed by atoms with Gasteiger partial charge in [-0.05, 0) is 0 Å². The van der Waals surface area contributed by atoms with Gasteiger partial charge in [0.1, 0.15) is 0 Å². The molecule has 0 saturated carbocycles. The van der Waals surface area contributed by atoms with Crippen LogP contribution in [0.3, 0.4) is 0 Å². The van der Waals surface area contributed by atoms with Crippen LogP contribution in [0, 0.1) is 0 Å². The molecule has 0 fully saturated rings. The molecular weight excluding hydrogens is 442 g/mol. The standard InChI is InChI=1S/3C4H7NO4.K.Mg/c3*5-2(4(8)9)1-3(6)7;;/h3*2H,1,5H2,(H,6,7)(H,8,9);;/q;;;+1;+2/p-3/t3*2-;;/m000../s1. The maximum atomic E-state index is 9.74. The maximum Gasteiger partial charge on any atom is 2.00 e. The summed E-state index contributed by atoms with van der Waals surface area (Å²) >= 11 is 0.